The fraction of sp³-hybridized carbons (Fsp3) is 0.250. The summed E-state index contributed by atoms with van der Waals surface area (Å²) in [6.07, 6.45) is -0.0478. The minimum Gasteiger partial charge on any atom is -0.493 e. The molecule has 3 amide bonds. The first-order valence-electron chi connectivity index (χ1n) is 8.50. The highest BCUT2D eigenvalue weighted by atomic mass is 16.5. The summed E-state index contributed by atoms with van der Waals surface area (Å²) in [5, 5.41) is 4.64. The molecule has 2 rings (SSSR count). The van der Waals surface area contributed by atoms with Crippen molar-refractivity contribution in [1.29, 1.82) is 0 Å². The maximum absolute atomic E-state index is 11.9. The molecule has 0 aromatic heterocycles. The normalized spacial score (nSPS) is 9.93. The smallest absolute Gasteiger partial charge is 0.321 e. The lowest BCUT2D eigenvalue weighted by Gasteiger charge is -2.10. The van der Waals surface area contributed by atoms with E-state index in [9.17, 15) is 14.4 Å². The Balaban J connectivity index is 1.73. The van der Waals surface area contributed by atoms with Gasteiger partial charge in [0.2, 0.25) is 0 Å². The number of methoxy groups -OCH3 is 2. The Labute approximate surface area is 162 Å². The van der Waals surface area contributed by atoms with Crippen LogP contribution < -0.4 is 20.1 Å². The van der Waals surface area contributed by atoms with E-state index in [1.165, 1.54) is 14.2 Å². The summed E-state index contributed by atoms with van der Waals surface area (Å²) < 4.78 is 15.2. The van der Waals surface area contributed by atoms with E-state index in [1.807, 2.05) is 30.3 Å². The van der Waals surface area contributed by atoms with Gasteiger partial charge in [-0.05, 0) is 23.3 Å². The zero-order chi connectivity index (χ0) is 20.4. The number of hydrogen-bond donors (Lipinski definition) is 2. The van der Waals surface area contributed by atoms with Gasteiger partial charge in [0.15, 0.2) is 18.1 Å². The SMILES string of the molecule is COc1ccc(CC(=O)OCC(=O)NC(=O)NCc2ccccc2)cc1OC. The van der Waals surface area contributed by atoms with Crippen LogP contribution in [-0.2, 0) is 27.3 Å². The molecule has 8 heteroatoms. The van der Waals surface area contributed by atoms with Gasteiger partial charge in [0.05, 0.1) is 20.6 Å². The van der Waals surface area contributed by atoms with Crippen molar-refractivity contribution in [2.45, 2.75) is 13.0 Å². The largest absolute Gasteiger partial charge is 0.493 e. The van der Waals surface area contributed by atoms with E-state index in [1.54, 1.807) is 18.2 Å². The highest BCUT2D eigenvalue weighted by Gasteiger charge is 2.13. The monoisotopic (exact) mass is 386 g/mol. The number of amides is 3. The molecule has 0 spiro atoms. The molecular weight excluding hydrogens is 364 g/mol. The van der Waals surface area contributed by atoms with Crippen LogP contribution in [0.2, 0.25) is 0 Å². The van der Waals surface area contributed by atoms with Crippen molar-refractivity contribution in [3.05, 3.63) is 59.7 Å². The van der Waals surface area contributed by atoms with Gasteiger partial charge in [0.25, 0.3) is 5.91 Å². The van der Waals surface area contributed by atoms with Crippen LogP contribution >= 0.6 is 0 Å². The molecule has 0 saturated carbocycles. The summed E-state index contributed by atoms with van der Waals surface area (Å²) in [6.45, 7) is -0.274. The Bertz CT molecular complexity index is 823. The molecule has 2 aromatic carbocycles. The van der Waals surface area contributed by atoms with Gasteiger partial charge in [0.1, 0.15) is 0 Å². The maximum atomic E-state index is 11.9. The highest BCUT2D eigenvalue weighted by Crippen LogP contribution is 2.27. The number of rotatable bonds is 8. The number of carbonyl (C=O) groups is 3. The molecule has 0 bridgehead atoms. The van der Waals surface area contributed by atoms with E-state index in [2.05, 4.69) is 10.6 Å². The van der Waals surface area contributed by atoms with E-state index in [-0.39, 0.29) is 13.0 Å². The Morgan fingerprint density at radius 3 is 2.29 bits per heavy atom. The first-order valence-corrected chi connectivity index (χ1v) is 8.50. The molecule has 0 aliphatic carbocycles. The second-order valence-electron chi connectivity index (χ2n) is 5.74. The molecule has 148 valence electrons. The van der Waals surface area contributed by atoms with E-state index >= 15 is 0 Å². The lowest BCUT2D eigenvalue weighted by Crippen LogP contribution is -2.41. The van der Waals surface area contributed by atoms with Crippen molar-refractivity contribution in [1.82, 2.24) is 10.6 Å². The summed E-state index contributed by atoms with van der Waals surface area (Å²) in [7, 11) is 3.01. The molecule has 2 N–H and O–H groups in total. The maximum Gasteiger partial charge on any atom is 0.321 e. The van der Waals surface area contributed by atoms with Crippen molar-refractivity contribution in [3.63, 3.8) is 0 Å². The van der Waals surface area contributed by atoms with Gasteiger partial charge in [-0.2, -0.15) is 0 Å². The molecular formula is C20H22N2O6. The van der Waals surface area contributed by atoms with Crippen molar-refractivity contribution in [3.8, 4) is 11.5 Å². The van der Waals surface area contributed by atoms with E-state index in [4.69, 9.17) is 14.2 Å². The lowest BCUT2D eigenvalue weighted by atomic mass is 10.1. The molecule has 0 aliphatic heterocycles. The number of imide groups is 1. The third-order valence-corrected chi connectivity index (χ3v) is 3.71. The Kier molecular flexibility index (Phi) is 7.83. The number of hydrogen-bond acceptors (Lipinski definition) is 6. The van der Waals surface area contributed by atoms with E-state index in [0.29, 0.717) is 17.1 Å². The lowest BCUT2D eigenvalue weighted by molar-refractivity contribution is -0.147. The minimum absolute atomic E-state index is 0.0478. The number of nitrogens with one attached hydrogen (secondary N) is 2. The first kappa shape index (κ1) is 20.8. The van der Waals surface area contributed by atoms with Crippen LogP contribution in [0.15, 0.2) is 48.5 Å². The number of benzene rings is 2. The van der Waals surface area contributed by atoms with Gasteiger partial charge in [-0.1, -0.05) is 36.4 Å². The predicted octanol–water partition coefficient (Wildman–Crippen LogP) is 1.82. The highest BCUT2D eigenvalue weighted by molar-refractivity contribution is 5.95. The summed E-state index contributed by atoms with van der Waals surface area (Å²) in [5.41, 5.74) is 1.54. The number of carbonyl (C=O) groups excluding carboxylic acids is 3. The molecule has 2 aromatic rings. The van der Waals surface area contributed by atoms with Crippen LogP contribution in [0.5, 0.6) is 11.5 Å². The summed E-state index contributed by atoms with van der Waals surface area (Å²) in [4.78, 5) is 35.3. The van der Waals surface area contributed by atoms with Crippen molar-refractivity contribution in [2.75, 3.05) is 20.8 Å². The summed E-state index contributed by atoms with van der Waals surface area (Å²) in [5.74, 6) is -0.292. The van der Waals surface area contributed by atoms with Crippen molar-refractivity contribution >= 4 is 17.9 Å². The topological polar surface area (TPSA) is 103 Å². The Morgan fingerprint density at radius 1 is 0.893 bits per heavy atom. The average molecular weight is 386 g/mol. The van der Waals surface area contributed by atoms with Gasteiger partial charge in [0, 0.05) is 6.54 Å². The van der Waals surface area contributed by atoms with Crippen LogP contribution in [0.1, 0.15) is 11.1 Å². The third kappa shape index (κ3) is 6.64. The number of urea groups is 1. The first-order chi connectivity index (χ1) is 13.5. The fourth-order valence-corrected chi connectivity index (χ4v) is 2.34. The quantitative estimate of drug-likeness (QED) is 0.671. The van der Waals surface area contributed by atoms with E-state index < -0.39 is 24.5 Å². The third-order valence-electron chi connectivity index (χ3n) is 3.71. The van der Waals surface area contributed by atoms with Gasteiger partial charge < -0.3 is 19.5 Å². The predicted molar refractivity (Wildman–Crippen MR) is 101 cm³/mol. The summed E-state index contributed by atoms with van der Waals surface area (Å²) in [6, 6.07) is 13.6. The zero-order valence-electron chi connectivity index (χ0n) is 15.7. The van der Waals surface area contributed by atoms with Crippen molar-refractivity contribution in [2.24, 2.45) is 0 Å². The molecule has 0 heterocycles. The molecule has 0 fully saturated rings. The minimum atomic E-state index is -0.716. The zero-order valence-corrected chi connectivity index (χ0v) is 15.7. The molecule has 0 unspecified atom stereocenters. The van der Waals surface area contributed by atoms with Crippen LogP contribution in [0.25, 0.3) is 0 Å². The van der Waals surface area contributed by atoms with Crippen LogP contribution in [-0.4, -0.2) is 38.7 Å². The summed E-state index contributed by atoms with van der Waals surface area (Å²) >= 11 is 0. The molecule has 0 atom stereocenters. The van der Waals surface area contributed by atoms with Crippen LogP contribution in [0.3, 0.4) is 0 Å². The second kappa shape index (κ2) is 10.6. The van der Waals surface area contributed by atoms with E-state index in [0.717, 1.165) is 5.56 Å². The standard InChI is InChI=1S/C20H22N2O6/c1-26-16-9-8-15(10-17(16)27-2)11-19(24)28-13-18(23)22-20(25)21-12-14-6-4-3-5-7-14/h3-10H,11-13H2,1-2H3,(H2,21,22,23,25). The molecule has 0 aliphatic rings. The van der Waals surface area contributed by atoms with Gasteiger partial charge in [-0.3, -0.25) is 14.9 Å². The Hall–Kier alpha value is -3.55. The number of esters is 1. The van der Waals surface area contributed by atoms with Crippen LogP contribution in [0, 0.1) is 0 Å². The van der Waals surface area contributed by atoms with Gasteiger partial charge in [-0.15, -0.1) is 0 Å². The van der Waals surface area contributed by atoms with Gasteiger partial charge in [-0.25, -0.2) is 4.79 Å². The molecule has 0 saturated heterocycles. The molecule has 28 heavy (non-hydrogen) atoms. The van der Waals surface area contributed by atoms with Crippen molar-refractivity contribution < 1.29 is 28.6 Å². The number of ether oxygens (including phenoxy) is 3. The fourth-order valence-electron chi connectivity index (χ4n) is 2.34. The Morgan fingerprint density at radius 2 is 1.61 bits per heavy atom. The molecule has 8 nitrogen and oxygen atoms in total. The molecule has 0 radical (unpaired) electrons. The average Bonchev–Trinajstić information content (AvgIpc) is 2.71. The van der Waals surface area contributed by atoms with Gasteiger partial charge >= 0.3 is 12.0 Å². The van der Waals surface area contributed by atoms with Crippen LogP contribution in [0.4, 0.5) is 4.79 Å². The second-order valence-corrected chi connectivity index (χ2v) is 5.74.